The Kier molecular flexibility index (Phi) is 8.67. The fraction of sp³-hybridized carbons (Fsp3) is 0.619. The van der Waals surface area contributed by atoms with Crippen molar-refractivity contribution >= 4 is 17.5 Å². The van der Waals surface area contributed by atoms with Crippen LogP contribution in [-0.2, 0) is 9.59 Å². The van der Waals surface area contributed by atoms with E-state index in [0.717, 1.165) is 36.2 Å². The highest BCUT2D eigenvalue weighted by atomic mass is 16.2. The lowest BCUT2D eigenvalue weighted by atomic mass is 9.92. The first-order valence-electron chi connectivity index (χ1n) is 9.46. The van der Waals surface area contributed by atoms with E-state index >= 15 is 0 Å². The van der Waals surface area contributed by atoms with Crippen molar-refractivity contribution in [1.82, 2.24) is 4.90 Å². The first-order valence-corrected chi connectivity index (χ1v) is 9.46. The number of anilines is 1. The van der Waals surface area contributed by atoms with E-state index in [2.05, 4.69) is 58.1 Å². The Morgan fingerprint density at radius 2 is 1.60 bits per heavy atom. The number of hydrogen-bond donors (Lipinski definition) is 1. The molecule has 0 spiro atoms. The number of carbonyl (C=O) groups is 2. The first-order chi connectivity index (χ1) is 11.8. The Hall–Kier alpha value is -1.84. The standard InChI is InChI=1S/C21H34N2O2/c1-7-8-13-23(17(6)24)14-12-20(25)22-21-18(15(2)3)10-9-11-19(21)16(4)5/h9-11,15-16H,7-8,12-14H2,1-6H3,(H,22,25). The van der Waals surface area contributed by atoms with Crippen LogP contribution in [0.1, 0.15) is 83.8 Å². The third-order valence-electron chi connectivity index (χ3n) is 4.47. The summed E-state index contributed by atoms with van der Waals surface area (Å²) in [5.74, 6) is 0.684. The number of unbranched alkanes of at least 4 members (excludes halogenated alkanes) is 1. The molecule has 4 heteroatoms. The van der Waals surface area contributed by atoms with Gasteiger partial charge in [0.1, 0.15) is 0 Å². The smallest absolute Gasteiger partial charge is 0.226 e. The van der Waals surface area contributed by atoms with E-state index in [-0.39, 0.29) is 11.8 Å². The molecule has 2 amide bonds. The Bertz CT molecular complexity index is 553. The Balaban J connectivity index is 2.84. The van der Waals surface area contributed by atoms with Gasteiger partial charge in [0, 0.05) is 32.1 Å². The summed E-state index contributed by atoms with van der Waals surface area (Å²) in [5, 5.41) is 3.12. The molecular weight excluding hydrogens is 312 g/mol. The fourth-order valence-corrected chi connectivity index (χ4v) is 2.91. The van der Waals surface area contributed by atoms with Crippen LogP contribution in [0.3, 0.4) is 0 Å². The lowest BCUT2D eigenvalue weighted by molar-refractivity contribution is -0.129. The largest absolute Gasteiger partial charge is 0.342 e. The molecule has 0 aliphatic rings. The van der Waals surface area contributed by atoms with Crippen LogP contribution in [0.4, 0.5) is 5.69 Å². The van der Waals surface area contributed by atoms with Crippen LogP contribution >= 0.6 is 0 Å². The van der Waals surface area contributed by atoms with Crippen LogP contribution < -0.4 is 5.32 Å². The molecule has 0 aromatic heterocycles. The van der Waals surface area contributed by atoms with E-state index in [0.29, 0.717) is 24.8 Å². The minimum atomic E-state index is -0.0299. The Morgan fingerprint density at radius 1 is 1.04 bits per heavy atom. The van der Waals surface area contributed by atoms with E-state index in [9.17, 15) is 9.59 Å². The predicted octanol–water partition coefficient (Wildman–Crippen LogP) is 4.91. The third-order valence-corrected chi connectivity index (χ3v) is 4.47. The van der Waals surface area contributed by atoms with Gasteiger partial charge in [-0.1, -0.05) is 59.2 Å². The van der Waals surface area contributed by atoms with Gasteiger partial charge < -0.3 is 10.2 Å². The second-order valence-electron chi connectivity index (χ2n) is 7.28. The van der Waals surface area contributed by atoms with Crippen LogP contribution in [-0.4, -0.2) is 29.8 Å². The summed E-state index contributed by atoms with van der Waals surface area (Å²) in [4.78, 5) is 26.0. The first kappa shape index (κ1) is 21.2. The third kappa shape index (κ3) is 6.52. The highest BCUT2D eigenvalue weighted by Crippen LogP contribution is 2.32. The second-order valence-corrected chi connectivity index (χ2v) is 7.28. The van der Waals surface area contributed by atoms with Crippen molar-refractivity contribution in [3.63, 3.8) is 0 Å². The second kappa shape index (κ2) is 10.2. The quantitative estimate of drug-likeness (QED) is 0.690. The molecule has 4 nitrogen and oxygen atoms in total. The minimum absolute atomic E-state index is 0.0299. The molecule has 25 heavy (non-hydrogen) atoms. The molecule has 140 valence electrons. The molecule has 0 heterocycles. The van der Waals surface area contributed by atoms with Gasteiger partial charge in [-0.3, -0.25) is 9.59 Å². The summed E-state index contributed by atoms with van der Waals surface area (Å²) in [5.41, 5.74) is 3.27. The van der Waals surface area contributed by atoms with Gasteiger partial charge in [-0.2, -0.15) is 0 Å². The van der Waals surface area contributed by atoms with Crippen molar-refractivity contribution in [1.29, 1.82) is 0 Å². The molecule has 0 fully saturated rings. The lowest BCUT2D eigenvalue weighted by Gasteiger charge is -2.22. The van der Waals surface area contributed by atoms with Gasteiger partial charge in [0.15, 0.2) is 0 Å². The number of rotatable bonds is 9. The summed E-state index contributed by atoms with van der Waals surface area (Å²) < 4.78 is 0. The molecular formula is C21H34N2O2. The van der Waals surface area contributed by atoms with Crippen LogP contribution in [0.25, 0.3) is 0 Å². The molecule has 1 N–H and O–H groups in total. The van der Waals surface area contributed by atoms with Crippen LogP contribution in [0.15, 0.2) is 18.2 Å². The van der Waals surface area contributed by atoms with Gasteiger partial charge in [-0.05, 0) is 29.4 Å². The number of hydrogen-bond acceptors (Lipinski definition) is 2. The molecule has 0 radical (unpaired) electrons. The van der Waals surface area contributed by atoms with Crippen molar-refractivity contribution in [3.8, 4) is 0 Å². The van der Waals surface area contributed by atoms with Gasteiger partial charge in [0.2, 0.25) is 11.8 Å². The zero-order valence-corrected chi connectivity index (χ0v) is 16.7. The summed E-state index contributed by atoms with van der Waals surface area (Å²) in [6, 6.07) is 6.22. The molecule has 1 aromatic rings. The Morgan fingerprint density at radius 3 is 2.04 bits per heavy atom. The van der Waals surface area contributed by atoms with Crippen molar-refractivity contribution in [2.45, 2.75) is 72.6 Å². The maximum absolute atomic E-state index is 12.5. The summed E-state index contributed by atoms with van der Waals surface area (Å²) in [6.07, 6.45) is 2.33. The van der Waals surface area contributed by atoms with Gasteiger partial charge in [0.25, 0.3) is 0 Å². The van der Waals surface area contributed by atoms with Crippen molar-refractivity contribution in [2.24, 2.45) is 0 Å². The highest BCUT2D eigenvalue weighted by Gasteiger charge is 2.17. The SMILES string of the molecule is CCCCN(CCC(=O)Nc1c(C(C)C)cccc1C(C)C)C(C)=O. The lowest BCUT2D eigenvalue weighted by Crippen LogP contribution is -2.33. The molecule has 0 unspecified atom stereocenters. The average molecular weight is 347 g/mol. The summed E-state index contributed by atoms with van der Waals surface area (Å²) in [6.45, 7) is 13.4. The van der Waals surface area contributed by atoms with Gasteiger partial charge in [-0.15, -0.1) is 0 Å². The van der Waals surface area contributed by atoms with E-state index in [1.807, 2.05) is 0 Å². The molecule has 0 aliphatic carbocycles. The zero-order chi connectivity index (χ0) is 19.0. The van der Waals surface area contributed by atoms with E-state index in [1.54, 1.807) is 11.8 Å². The monoisotopic (exact) mass is 346 g/mol. The van der Waals surface area contributed by atoms with E-state index in [4.69, 9.17) is 0 Å². The molecule has 0 bridgehead atoms. The summed E-state index contributed by atoms with van der Waals surface area (Å²) >= 11 is 0. The Labute approximate surface area is 153 Å². The molecule has 0 saturated heterocycles. The van der Waals surface area contributed by atoms with Crippen LogP contribution in [0.2, 0.25) is 0 Å². The predicted molar refractivity (Wildman–Crippen MR) is 105 cm³/mol. The number of para-hydroxylation sites is 1. The highest BCUT2D eigenvalue weighted by molar-refractivity contribution is 5.93. The minimum Gasteiger partial charge on any atom is -0.342 e. The van der Waals surface area contributed by atoms with Crippen molar-refractivity contribution in [3.05, 3.63) is 29.3 Å². The number of amides is 2. The average Bonchev–Trinajstić information content (AvgIpc) is 2.54. The molecule has 1 rings (SSSR count). The zero-order valence-electron chi connectivity index (χ0n) is 16.7. The topological polar surface area (TPSA) is 49.4 Å². The molecule has 0 aliphatic heterocycles. The molecule has 1 aromatic carbocycles. The van der Waals surface area contributed by atoms with Gasteiger partial charge in [-0.25, -0.2) is 0 Å². The number of carbonyl (C=O) groups excluding carboxylic acids is 2. The van der Waals surface area contributed by atoms with Crippen molar-refractivity contribution < 1.29 is 9.59 Å². The van der Waals surface area contributed by atoms with Gasteiger partial charge in [0.05, 0.1) is 0 Å². The number of nitrogens with one attached hydrogen (secondary N) is 1. The normalized spacial score (nSPS) is 11.0. The number of nitrogens with zero attached hydrogens (tertiary/aromatic N) is 1. The van der Waals surface area contributed by atoms with Crippen molar-refractivity contribution in [2.75, 3.05) is 18.4 Å². The van der Waals surface area contributed by atoms with Gasteiger partial charge >= 0.3 is 0 Å². The fourth-order valence-electron chi connectivity index (χ4n) is 2.91. The van der Waals surface area contributed by atoms with Crippen LogP contribution in [0, 0.1) is 0 Å². The molecule has 0 atom stereocenters. The van der Waals surface area contributed by atoms with E-state index in [1.165, 1.54) is 0 Å². The van der Waals surface area contributed by atoms with Crippen LogP contribution in [0.5, 0.6) is 0 Å². The maximum atomic E-state index is 12.5. The maximum Gasteiger partial charge on any atom is 0.226 e. The molecule has 0 saturated carbocycles. The van der Waals surface area contributed by atoms with E-state index < -0.39 is 0 Å². The summed E-state index contributed by atoms with van der Waals surface area (Å²) in [7, 11) is 0. The number of benzene rings is 1.